The van der Waals surface area contributed by atoms with Gasteiger partial charge in [0.15, 0.2) is 4.96 Å². The van der Waals surface area contributed by atoms with Crippen LogP contribution in [0.25, 0.3) is 4.96 Å². The van der Waals surface area contributed by atoms with Gasteiger partial charge in [0.25, 0.3) is 5.91 Å². The number of thiazole rings is 1. The predicted molar refractivity (Wildman–Crippen MR) is 80.7 cm³/mol. The molecule has 0 radical (unpaired) electrons. The third-order valence-electron chi connectivity index (χ3n) is 2.82. The summed E-state index contributed by atoms with van der Waals surface area (Å²) in [6.07, 6.45) is 3.59. The minimum Gasteiger partial charge on any atom is -0.346 e. The van der Waals surface area contributed by atoms with Crippen LogP contribution in [0.2, 0.25) is 10.0 Å². The van der Waals surface area contributed by atoms with Gasteiger partial charge in [-0.2, -0.15) is 0 Å². The maximum Gasteiger partial charge on any atom is 0.253 e. The number of imidazole rings is 1. The lowest BCUT2D eigenvalue weighted by Gasteiger charge is -2.06. The second-order valence-electron chi connectivity index (χ2n) is 4.11. The maximum atomic E-state index is 12.1. The van der Waals surface area contributed by atoms with Gasteiger partial charge in [0.1, 0.15) is 0 Å². The van der Waals surface area contributed by atoms with E-state index in [1.165, 1.54) is 11.3 Å². The van der Waals surface area contributed by atoms with E-state index >= 15 is 0 Å². The van der Waals surface area contributed by atoms with Crippen molar-refractivity contribution in [1.82, 2.24) is 14.7 Å². The zero-order chi connectivity index (χ0) is 14.1. The summed E-state index contributed by atoms with van der Waals surface area (Å²) in [4.78, 5) is 17.2. The molecule has 2 aromatic heterocycles. The van der Waals surface area contributed by atoms with Gasteiger partial charge in [-0.25, -0.2) is 4.98 Å². The van der Waals surface area contributed by atoms with Crippen LogP contribution in [-0.2, 0) is 6.54 Å². The Hall–Kier alpha value is -1.56. The van der Waals surface area contributed by atoms with Gasteiger partial charge in [-0.05, 0) is 18.2 Å². The molecule has 0 unspecified atom stereocenters. The summed E-state index contributed by atoms with van der Waals surface area (Å²) in [6, 6.07) is 4.80. The average molecular weight is 326 g/mol. The summed E-state index contributed by atoms with van der Waals surface area (Å²) in [7, 11) is 0. The molecular weight excluding hydrogens is 317 g/mol. The van der Waals surface area contributed by atoms with Crippen LogP contribution in [0.3, 0.4) is 0 Å². The number of nitrogens with one attached hydrogen (secondary N) is 1. The highest BCUT2D eigenvalue weighted by Crippen LogP contribution is 2.21. The maximum absolute atomic E-state index is 12.1. The first-order chi connectivity index (χ1) is 9.65. The number of fused-ring (bicyclic) bond motifs is 1. The highest BCUT2D eigenvalue weighted by molar-refractivity contribution is 7.15. The van der Waals surface area contributed by atoms with Crippen molar-refractivity contribution < 1.29 is 4.79 Å². The summed E-state index contributed by atoms with van der Waals surface area (Å²) in [5, 5.41) is 5.64. The molecule has 0 fully saturated rings. The molecule has 0 aliphatic carbocycles. The SMILES string of the molecule is O=C(NCc1csc2nccn12)c1ccc(Cl)cc1Cl. The van der Waals surface area contributed by atoms with Crippen molar-refractivity contribution in [1.29, 1.82) is 0 Å². The van der Waals surface area contributed by atoms with Crippen LogP contribution in [0.5, 0.6) is 0 Å². The zero-order valence-electron chi connectivity index (χ0n) is 10.1. The van der Waals surface area contributed by atoms with Gasteiger partial charge in [0.2, 0.25) is 0 Å². The molecule has 1 N–H and O–H groups in total. The van der Waals surface area contributed by atoms with Gasteiger partial charge in [0.05, 0.1) is 22.8 Å². The number of hydrogen-bond acceptors (Lipinski definition) is 3. The third-order valence-corrected chi connectivity index (χ3v) is 4.27. The van der Waals surface area contributed by atoms with Crippen molar-refractivity contribution in [3.8, 4) is 0 Å². The molecule has 0 spiro atoms. The van der Waals surface area contributed by atoms with E-state index in [2.05, 4.69) is 10.3 Å². The lowest BCUT2D eigenvalue weighted by Crippen LogP contribution is -2.23. The molecule has 0 saturated carbocycles. The minimum absolute atomic E-state index is 0.230. The fourth-order valence-electron chi connectivity index (χ4n) is 1.84. The Bertz CT molecular complexity index is 781. The van der Waals surface area contributed by atoms with Gasteiger partial charge >= 0.3 is 0 Å². The first-order valence-corrected chi connectivity index (χ1v) is 7.41. The van der Waals surface area contributed by atoms with Crippen LogP contribution >= 0.6 is 34.5 Å². The molecule has 0 aliphatic rings. The smallest absolute Gasteiger partial charge is 0.253 e. The molecule has 4 nitrogen and oxygen atoms in total. The second kappa shape index (κ2) is 5.44. The Morgan fingerprint density at radius 1 is 1.40 bits per heavy atom. The molecule has 3 aromatic rings. The van der Waals surface area contributed by atoms with Crippen molar-refractivity contribution >= 4 is 45.4 Å². The van der Waals surface area contributed by atoms with E-state index in [4.69, 9.17) is 23.2 Å². The topological polar surface area (TPSA) is 46.4 Å². The average Bonchev–Trinajstić information content (AvgIpc) is 2.99. The molecular formula is C13H9Cl2N3OS. The van der Waals surface area contributed by atoms with Gasteiger partial charge in [-0.1, -0.05) is 23.2 Å². The van der Waals surface area contributed by atoms with Crippen LogP contribution < -0.4 is 5.32 Å². The molecule has 0 atom stereocenters. The van der Waals surface area contributed by atoms with E-state index in [-0.39, 0.29) is 5.91 Å². The standard InChI is InChI=1S/C13H9Cl2N3OS/c14-8-1-2-10(11(15)5-8)12(19)17-6-9-7-20-13-16-3-4-18(9)13/h1-5,7H,6H2,(H,17,19). The Morgan fingerprint density at radius 3 is 3.05 bits per heavy atom. The Labute approximate surface area is 129 Å². The highest BCUT2D eigenvalue weighted by Gasteiger charge is 2.11. The number of nitrogens with zero attached hydrogens (tertiary/aromatic N) is 2. The molecule has 102 valence electrons. The number of hydrogen-bond donors (Lipinski definition) is 1. The van der Waals surface area contributed by atoms with Crippen molar-refractivity contribution in [3.05, 3.63) is 57.3 Å². The highest BCUT2D eigenvalue weighted by atomic mass is 35.5. The number of aromatic nitrogens is 2. The van der Waals surface area contributed by atoms with Gasteiger partial charge in [-0.3, -0.25) is 9.20 Å². The van der Waals surface area contributed by atoms with Gasteiger partial charge < -0.3 is 5.32 Å². The number of halogens is 2. The van der Waals surface area contributed by atoms with Crippen molar-refractivity contribution in [2.75, 3.05) is 0 Å². The van der Waals surface area contributed by atoms with E-state index in [1.807, 2.05) is 16.0 Å². The van der Waals surface area contributed by atoms with Crippen molar-refractivity contribution in [2.24, 2.45) is 0 Å². The van der Waals surface area contributed by atoms with Gasteiger partial charge in [-0.15, -0.1) is 11.3 Å². The lowest BCUT2D eigenvalue weighted by atomic mass is 10.2. The molecule has 0 saturated heterocycles. The Balaban J connectivity index is 1.75. The zero-order valence-corrected chi connectivity index (χ0v) is 12.5. The first kappa shape index (κ1) is 13.4. The van der Waals surface area contributed by atoms with Crippen LogP contribution in [0, 0.1) is 0 Å². The van der Waals surface area contributed by atoms with E-state index < -0.39 is 0 Å². The molecule has 1 amide bonds. The van der Waals surface area contributed by atoms with Crippen LogP contribution in [0.15, 0.2) is 36.0 Å². The summed E-state index contributed by atoms with van der Waals surface area (Å²) < 4.78 is 1.94. The van der Waals surface area contributed by atoms with Crippen LogP contribution in [-0.4, -0.2) is 15.3 Å². The summed E-state index contributed by atoms with van der Waals surface area (Å²) >= 11 is 13.3. The number of amides is 1. The molecule has 2 heterocycles. The lowest BCUT2D eigenvalue weighted by molar-refractivity contribution is 0.0950. The minimum atomic E-state index is -0.230. The number of carbonyl (C=O) groups excluding carboxylic acids is 1. The second-order valence-corrected chi connectivity index (χ2v) is 5.79. The van der Waals surface area contributed by atoms with E-state index in [0.29, 0.717) is 22.2 Å². The Kier molecular flexibility index (Phi) is 3.65. The van der Waals surface area contributed by atoms with Crippen LogP contribution in [0.1, 0.15) is 16.1 Å². The number of benzene rings is 1. The fraction of sp³-hybridized carbons (Fsp3) is 0.0769. The Morgan fingerprint density at radius 2 is 2.25 bits per heavy atom. The molecule has 20 heavy (non-hydrogen) atoms. The number of rotatable bonds is 3. The number of carbonyl (C=O) groups is 1. The van der Waals surface area contributed by atoms with E-state index in [0.717, 1.165) is 10.7 Å². The fourth-order valence-corrected chi connectivity index (χ4v) is 3.19. The third kappa shape index (κ3) is 2.52. The predicted octanol–water partition coefficient (Wildman–Crippen LogP) is 3.63. The molecule has 0 aliphatic heterocycles. The summed E-state index contributed by atoms with van der Waals surface area (Å²) in [5.41, 5.74) is 1.38. The molecule has 7 heteroatoms. The molecule has 3 rings (SSSR count). The van der Waals surface area contributed by atoms with Gasteiger partial charge in [0, 0.05) is 22.8 Å². The van der Waals surface area contributed by atoms with E-state index in [9.17, 15) is 4.79 Å². The summed E-state index contributed by atoms with van der Waals surface area (Å²) in [5.74, 6) is -0.230. The largest absolute Gasteiger partial charge is 0.346 e. The summed E-state index contributed by atoms with van der Waals surface area (Å²) in [6.45, 7) is 0.411. The first-order valence-electron chi connectivity index (χ1n) is 5.78. The molecule has 0 bridgehead atoms. The quantitative estimate of drug-likeness (QED) is 0.799. The molecule has 1 aromatic carbocycles. The van der Waals surface area contributed by atoms with Crippen molar-refractivity contribution in [3.63, 3.8) is 0 Å². The monoisotopic (exact) mass is 325 g/mol. The normalized spacial score (nSPS) is 10.9. The van der Waals surface area contributed by atoms with Crippen LogP contribution in [0.4, 0.5) is 0 Å². The van der Waals surface area contributed by atoms with Crippen molar-refractivity contribution in [2.45, 2.75) is 6.54 Å². The van der Waals surface area contributed by atoms with E-state index in [1.54, 1.807) is 24.4 Å².